The molecule has 0 aliphatic carbocycles. The van der Waals surface area contributed by atoms with Gasteiger partial charge in [0.1, 0.15) is 0 Å². The molecule has 0 spiro atoms. The Balaban J connectivity index is 1.39. The fourth-order valence-electron chi connectivity index (χ4n) is 3.79. The molecule has 1 N–H and O–H groups in total. The average Bonchev–Trinajstić information content (AvgIpc) is 3.03. The van der Waals surface area contributed by atoms with Gasteiger partial charge < -0.3 is 10.2 Å². The number of benzene rings is 1. The summed E-state index contributed by atoms with van der Waals surface area (Å²) < 4.78 is 0. The summed E-state index contributed by atoms with van der Waals surface area (Å²) in [5.41, 5.74) is 1.47. The molecule has 0 bridgehead atoms. The van der Waals surface area contributed by atoms with Crippen LogP contribution < -0.4 is 5.32 Å². The van der Waals surface area contributed by atoms with Crippen LogP contribution in [0.25, 0.3) is 0 Å². The summed E-state index contributed by atoms with van der Waals surface area (Å²) in [6, 6.07) is 12.4. The van der Waals surface area contributed by atoms with Gasteiger partial charge in [-0.05, 0) is 51.4 Å². The second-order valence-corrected chi connectivity index (χ2v) is 6.58. The molecule has 2 aliphatic rings. The second-order valence-electron chi connectivity index (χ2n) is 6.58. The Bertz CT molecular complexity index is 412. The zero-order valence-corrected chi connectivity index (χ0v) is 13.3. The number of rotatable bonds is 5. The SMILES string of the molecule is CNC1CCN(C2CCN(CCc3ccccc3)CC2)C1. The van der Waals surface area contributed by atoms with Crippen molar-refractivity contribution in [2.24, 2.45) is 0 Å². The molecule has 0 amide bonds. The maximum absolute atomic E-state index is 3.43. The molecule has 1 unspecified atom stereocenters. The third-order valence-electron chi connectivity index (χ3n) is 5.26. The van der Waals surface area contributed by atoms with Crippen LogP contribution in [0.2, 0.25) is 0 Å². The van der Waals surface area contributed by atoms with Crippen molar-refractivity contribution in [2.45, 2.75) is 37.8 Å². The highest BCUT2D eigenvalue weighted by Gasteiger charge is 2.29. The highest BCUT2D eigenvalue weighted by molar-refractivity contribution is 5.14. The number of likely N-dealkylation sites (tertiary alicyclic amines) is 2. The van der Waals surface area contributed by atoms with E-state index in [2.05, 4.69) is 52.5 Å². The summed E-state index contributed by atoms with van der Waals surface area (Å²) in [5, 5.41) is 3.43. The van der Waals surface area contributed by atoms with E-state index in [1.54, 1.807) is 0 Å². The van der Waals surface area contributed by atoms with Gasteiger partial charge in [0.25, 0.3) is 0 Å². The molecule has 3 heteroatoms. The van der Waals surface area contributed by atoms with Crippen molar-refractivity contribution in [2.75, 3.05) is 39.8 Å². The van der Waals surface area contributed by atoms with Crippen molar-refractivity contribution in [1.29, 1.82) is 0 Å². The quantitative estimate of drug-likeness (QED) is 0.893. The predicted octanol–water partition coefficient (Wildman–Crippen LogP) is 1.99. The number of piperidine rings is 1. The minimum Gasteiger partial charge on any atom is -0.316 e. The Hall–Kier alpha value is -0.900. The summed E-state index contributed by atoms with van der Waals surface area (Å²) in [5.74, 6) is 0. The first-order valence-electron chi connectivity index (χ1n) is 8.53. The largest absolute Gasteiger partial charge is 0.316 e. The maximum atomic E-state index is 3.43. The van der Waals surface area contributed by atoms with E-state index in [4.69, 9.17) is 0 Å². The van der Waals surface area contributed by atoms with Gasteiger partial charge >= 0.3 is 0 Å². The van der Waals surface area contributed by atoms with E-state index in [9.17, 15) is 0 Å². The van der Waals surface area contributed by atoms with Crippen LogP contribution in [-0.2, 0) is 6.42 Å². The molecule has 2 heterocycles. The van der Waals surface area contributed by atoms with Gasteiger partial charge in [0.2, 0.25) is 0 Å². The molecular weight excluding hydrogens is 258 g/mol. The third-order valence-corrected chi connectivity index (χ3v) is 5.26. The fourth-order valence-corrected chi connectivity index (χ4v) is 3.79. The highest BCUT2D eigenvalue weighted by Crippen LogP contribution is 2.21. The van der Waals surface area contributed by atoms with Crippen LogP contribution >= 0.6 is 0 Å². The number of hydrogen-bond acceptors (Lipinski definition) is 3. The Morgan fingerprint density at radius 3 is 2.48 bits per heavy atom. The number of nitrogens with zero attached hydrogens (tertiary/aromatic N) is 2. The fraction of sp³-hybridized carbons (Fsp3) is 0.667. The van der Waals surface area contributed by atoms with Gasteiger partial charge in [-0.3, -0.25) is 4.90 Å². The van der Waals surface area contributed by atoms with E-state index in [-0.39, 0.29) is 0 Å². The van der Waals surface area contributed by atoms with Crippen LogP contribution in [0.5, 0.6) is 0 Å². The molecule has 116 valence electrons. The lowest BCUT2D eigenvalue weighted by atomic mass is 10.0. The average molecular weight is 287 g/mol. The van der Waals surface area contributed by atoms with Crippen LogP contribution in [0.4, 0.5) is 0 Å². The lowest BCUT2D eigenvalue weighted by Gasteiger charge is -2.36. The summed E-state index contributed by atoms with van der Waals surface area (Å²) in [6.07, 6.45) is 5.22. The van der Waals surface area contributed by atoms with Gasteiger partial charge in [0.15, 0.2) is 0 Å². The van der Waals surface area contributed by atoms with E-state index in [1.807, 2.05) is 0 Å². The zero-order valence-electron chi connectivity index (χ0n) is 13.3. The van der Waals surface area contributed by atoms with E-state index in [1.165, 1.54) is 64.0 Å². The summed E-state index contributed by atoms with van der Waals surface area (Å²) >= 11 is 0. The highest BCUT2D eigenvalue weighted by atomic mass is 15.2. The predicted molar refractivity (Wildman–Crippen MR) is 88.6 cm³/mol. The number of likely N-dealkylation sites (N-methyl/N-ethyl adjacent to an activating group) is 1. The monoisotopic (exact) mass is 287 g/mol. The Kier molecular flexibility index (Phi) is 5.28. The van der Waals surface area contributed by atoms with Crippen LogP contribution in [0, 0.1) is 0 Å². The van der Waals surface area contributed by atoms with Crippen LogP contribution in [0.3, 0.4) is 0 Å². The van der Waals surface area contributed by atoms with Crippen molar-refractivity contribution in [1.82, 2.24) is 15.1 Å². The van der Waals surface area contributed by atoms with Gasteiger partial charge in [0, 0.05) is 31.7 Å². The molecule has 1 atom stereocenters. The van der Waals surface area contributed by atoms with Gasteiger partial charge in [-0.25, -0.2) is 0 Å². The van der Waals surface area contributed by atoms with Crippen molar-refractivity contribution in [3.05, 3.63) is 35.9 Å². The minimum atomic E-state index is 0.723. The summed E-state index contributed by atoms with van der Waals surface area (Å²) in [6.45, 7) is 6.32. The molecule has 0 saturated carbocycles. The maximum Gasteiger partial charge on any atom is 0.0204 e. The van der Waals surface area contributed by atoms with Gasteiger partial charge in [-0.15, -0.1) is 0 Å². The van der Waals surface area contributed by atoms with Crippen molar-refractivity contribution < 1.29 is 0 Å². The number of nitrogens with one attached hydrogen (secondary N) is 1. The van der Waals surface area contributed by atoms with Gasteiger partial charge in [-0.2, -0.15) is 0 Å². The molecule has 3 rings (SSSR count). The molecule has 21 heavy (non-hydrogen) atoms. The normalized spacial score (nSPS) is 25.5. The smallest absolute Gasteiger partial charge is 0.0204 e. The molecule has 2 aliphatic heterocycles. The van der Waals surface area contributed by atoms with Crippen LogP contribution in [-0.4, -0.2) is 61.7 Å². The lowest BCUT2D eigenvalue weighted by Crippen LogP contribution is -2.45. The van der Waals surface area contributed by atoms with E-state index < -0.39 is 0 Å². The summed E-state index contributed by atoms with van der Waals surface area (Å²) in [7, 11) is 2.10. The summed E-state index contributed by atoms with van der Waals surface area (Å²) in [4.78, 5) is 5.37. The van der Waals surface area contributed by atoms with E-state index in [0.717, 1.165) is 12.1 Å². The first-order valence-corrected chi connectivity index (χ1v) is 8.53. The van der Waals surface area contributed by atoms with E-state index in [0.29, 0.717) is 0 Å². The first kappa shape index (κ1) is 15.0. The molecule has 0 radical (unpaired) electrons. The molecule has 1 aromatic rings. The second kappa shape index (κ2) is 7.39. The standard InChI is InChI=1S/C18H29N3/c1-19-17-8-14-21(15-17)18-9-12-20(13-10-18)11-7-16-5-3-2-4-6-16/h2-6,17-19H,7-15H2,1H3. The molecule has 1 aromatic carbocycles. The minimum absolute atomic E-state index is 0.723. The first-order chi connectivity index (χ1) is 10.3. The molecule has 3 nitrogen and oxygen atoms in total. The van der Waals surface area contributed by atoms with Gasteiger partial charge in [-0.1, -0.05) is 30.3 Å². The topological polar surface area (TPSA) is 18.5 Å². The van der Waals surface area contributed by atoms with Gasteiger partial charge in [0.05, 0.1) is 0 Å². The van der Waals surface area contributed by atoms with Crippen LogP contribution in [0.1, 0.15) is 24.8 Å². The third kappa shape index (κ3) is 4.06. The van der Waals surface area contributed by atoms with Crippen LogP contribution in [0.15, 0.2) is 30.3 Å². The van der Waals surface area contributed by atoms with Crippen molar-refractivity contribution in [3.8, 4) is 0 Å². The van der Waals surface area contributed by atoms with Crippen molar-refractivity contribution >= 4 is 0 Å². The molecule has 2 saturated heterocycles. The Morgan fingerprint density at radius 2 is 1.81 bits per heavy atom. The lowest BCUT2D eigenvalue weighted by molar-refractivity contribution is 0.126. The molecular formula is C18H29N3. The van der Waals surface area contributed by atoms with E-state index >= 15 is 0 Å². The van der Waals surface area contributed by atoms with Crippen molar-refractivity contribution in [3.63, 3.8) is 0 Å². The number of hydrogen-bond donors (Lipinski definition) is 1. The zero-order chi connectivity index (χ0) is 14.5. The molecule has 2 fully saturated rings. The Morgan fingerprint density at radius 1 is 1.05 bits per heavy atom. The molecule has 0 aromatic heterocycles. The Labute approximate surface area is 129 Å².